The van der Waals surface area contributed by atoms with Gasteiger partial charge < -0.3 is 0 Å². The summed E-state index contributed by atoms with van der Waals surface area (Å²) in [5, 5.41) is 0. The largest absolute Gasteiger partial charge is 0.271 e. The van der Waals surface area contributed by atoms with Crippen molar-refractivity contribution in [1.29, 1.82) is 0 Å². The van der Waals surface area contributed by atoms with Crippen molar-refractivity contribution in [1.82, 2.24) is 5.43 Å². The Labute approximate surface area is 111 Å². The SMILES string of the molecule is Cc1ccc(F)c(C(Cc2ccccc2)NN)c1F. The van der Waals surface area contributed by atoms with Crippen LogP contribution in [0, 0.1) is 18.6 Å². The first-order chi connectivity index (χ1) is 9.13. The van der Waals surface area contributed by atoms with Crippen LogP contribution in [-0.2, 0) is 6.42 Å². The summed E-state index contributed by atoms with van der Waals surface area (Å²) in [7, 11) is 0. The highest BCUT2D eigenvalue weighted by molar-refractivity contribution is 5.31. The van der Waals surface area contributed by atoms with E-state index in [1.165, 1.54) is 12.1 Å². The summed E-state index contributed by atoms with van der Waals surface area (Å²) in [5.41, 5.74) is 3.86. The number of hydrogen-bond donors (Lipinski definition) is 2. The molecule has 2 aromatic rings. The molecule has 1 atom stereocenters. The maximum Gasteiger partial charge on any atom is 0.133 e. The fourth-order valence-electron chi connectivity index (χ4n) is 2.09. The third-order valence-corrected chi connectivity index (χ3v) is 3.15. The molecule has 19 heavy (non-hydrogen) atoms. The van der Waals surface area contributed by atoms with Gasteiger partial charge in [0.15, 0.2) is 0 Å². The molecule has 0 bridgehead atoms. The van der Waals surface area contributed by atoms with Gasteiger partial charge in [-0.1, -0.05) is 36.4 Å². The molecule has 4 heteroatoms. The lowest BCUT2D eigenvalue weighted by Gasteiger charge is -2.18. The smallest absolute Gasteiger partial charge is 0.133 e. The molecule has 2 rings (SSSR count). The first-order valence-electron chi connectivity index (χ1n) is 6.08. The number of nitrogens with one attached hydrogen (secondary N) is 1. The molecule has 0 aliphatic carbocycles. The van der Waals surface area contributed by atoms with Crippen molar-refractivity contribution in [3.63, 3.8) is 0 Å². The van der Waals surface area contributed by atoms with E-state index in [-0.39, 0.29) is 5.56 Å². The van der Waals surface area contributed by atoms with Gasteiger partial charge in [-0.2, -0.15) is 0 Å². The van der Waals surface area contributed by atoms with Crippen molar-refractivity contribution in [3.8, 4) is 0 Å². The molecule has 0 radical (unpaired) electrons. The maximum absolute atomic E-state index is 14.1. The van der Waals surface area contributed by atoms with Crippen molar-refractivity contribution in [2.75, 3.05) is 0 Å². The van der Waals surface area contributed by atoms with E-state index in [4.69, 9.17) is 5.84 Å². The lowest BCUT2D eigenvalue weighted by atomic mass is 9.97. The zero-order chi connectivity index (χ0) is 13.8. The Morgan fingerprint density at radius 3 is 2.42 bits per heavy atom. The van der Waals surface area contributed by atoms with Gasteiger partial charge >= 0.3 is 0 Å². The number of aryl methyl sites for hydroxylation is 1. The predicted molar refractivity (Wildman–Crippen MR) is 71.3 cm³/mol. The van der Waals surface area contributed by atoms with Crippen molar-refractivity contribution in [2.24, 2.45) is 5.84 Å². The number of halogens is 2. The second-order valence-electron chi connectivity index (χ2n) is 4.50. The number of rotatable bonds is 4. The van der Waals surface area contributed by atoms with Crippen molar-refractivity contribution in [2.45, 2.75) is 19.4 Å². The first-order valence-corrected chi connectivity index (χ1v) is 6.08. The van der Waals surface area contributed by atoms with Crippen molar-refractivity contribution in [3.05, 3.63) is 70.8 Å². The van der Waals surface area contributed by atoms with Crippen LogP contribution in [0.3, 0.4) is 0 Å². The molecule has 0 saturated heterocycles. The highest BCUT2D eigenvalue weighted by atomic mass is 19.1. The Bertz CT molecular complexity index is 556. The zero-order valence-corrected chi connectivity index (χ0v) is 10.7. The van der Waals surface area contributed by atoms with Gasteiger partial charge in [0.05, 0.1) is 6.04 Å². The number of nitrogens with two attached hydrogens (primary N) is 1. The molecule has 0 aliphatic heterocycles. The lowest BCUT2D eigenvalue weighted by molar-refractivity contribution is 0.470. The van der Waals surface area contributed by atoms with Gasteiger partial charge in [-0.15, -0.1) is 0 Å². The molecule has 100 valence electrons. The van der Waals surface area contributed by atoms with Gasteiger partial charge in [0, 0.05) is 5.56 Å². The van der Waals surface area contributed by atoms with Crippen LogP contribution in [0.25, 0.3) is 0 Å². The Hall–Kier alpha value is -1.78. The molecule has 0 aliphatic rings. The van der Waals surface area contributed by atoms with Crippen LogP contribution in [0.1, 0.15) is 22.7 Å². The van der Waals surface area contributed by atoms with Crippen LogP contribution in [0.15, 0.2) is 42.5 Å². The molecule has 0 spiro atoms. The lowest BCUT2D eigenvalue weighted by Crippen LogP contribution is -2.31. The molecule has 1 unspecified atom stereocenters. The average Bonchev–Trinajstić information content (AvgIpc) is 2.43. The summed E-state index contributed by atoms with van der Waals surface area (Å²) in [6, 6.07) is 11.5. The summed E-state index contributed by atoms with van der Waals surface area (Å²) in [4.78, 5) is 0. The van der Waals surface area contributed by atoms with Crippen LogP contribution >= 0.6 is 0 Å². The molecule has 0 heterocycles. The van der Waals surface area contributed by atoms with Crippen LogP contribution in [0.2, 0.25) is 0 Å². The highest BCUT2D eigenvalue weighted by Crippen LogP contribution is 2.25. The van der Waals surface area contributed by atoms with Gasteiger partial charge in [-0.3, -0.25) is 11.3 Å². The number of hydrogen-bond acceptors (Lipinski definition) is 2. The van der Waals surface area contributed by atoms with E-state index in [0.717, 1.165) is 5.56 Å². The standard InChI is InChI=1S/C15H16F2N2/c1-10-7-8-12(16)14(15(10)17)13(19-18)9-11-5-3-2-4-6-11/h2-8,13,19H,9,18H2,1H3. The minimum absolute atomic E-state index is 0.00801. The van der Waals surface area contributed by atoms with Gasteiger partial charge in [-0.05, 0) is 30.5 Å². The molecular weight excluding hydrogens is 246 g/mol. The molecule has 0 saturated carbocycles. The predicted octanol–water partition coefficient (Wildman–Crippen LogP) is 3.02. The van der Waals surface area contributed by atoms with Crippen LogP contribution in [0.5, 0.6) is 0 Å². The Balaban J connectivity index is 2.35. The summed E-state index contributed by atoms with van der Waals surface area (Å²) < 4.78 is 27.9. The van der Waals surface area contributed by atoms with Crippen LogP contribution in [-0.4, -0.2) is 0 Å². The van der Waals surface area contributed by atoms with Gasteiger partial charge in [-0.25, -0.2) is 8.78 Å². The van der Waals surface area contributed by atoms with E-state index in [9.17, 15) is 8.78 Å². The summed E-state index contributed by atoms with van der Waals surface area (Å²) >= 11 is 0. The van der Waals surface area contributed by atoms with Crippen LogP contribution in [0.4, 0.5) is 8.78 Å². The minimum atomic E-state index is -0.595. The maximum atomic E-state index is 14.1. The second kappa shape index (κ2) is 5.91. The second-order valence-corrected chi connectivity index (χ2v) is 4.50. The van der Waals surface area contributed by atoms with Crippen molar-refractivity contribution < 1.29 is 8.78 Å². The summed E-state index contributed by atoms with van der Waals surface area (Å²) in [6.45, 7) is 1.61. The normalized spacial score (nSPS) is 12.4. The molecule has 0 aromatic heterocycles. The third kappa shape index (κ3) is 2.97. The minimum Gasteiger partial charge on any atom is -0.271 e. The molecule has 2 nitrogen and oxygen atoms in total. The highest BCUT2D eigenvalue weighted by Gasteiger charge is 2.20. The molecule has 2 aromatic carbocycles. The molecule has 0 amide bonds. The van der Waals surface area contributed by atoms with E-state index in [1.807, 2.05) is 30.3 Å². The van der Waals surface area contributed by atoms with E-state index in [2.05, 4.69) is 5.43 Å². The fourth-order valence-corrected chi connectivity index (χ4v) is 2.09. The summed E-state index contributed by atoms with van der Waals surface area (Å²) in [5.74, 6) is 4.33. The molecular formula is C15H16F2N2. The third-order valence-electron chi connectivity index (χ3n) is 3.15. The van der Waals surface area contributed by atoms with Crippen molar-refractivity contribution >= 4 is 0 Å². The number of hydrazine groups is 1. The Kier molecular flexibility index (Phi) is 4.24. The fraction of sp³-hybridized carbons (Fsp3) is 0.200. The van der Waals surface area contributed by atoms with Gasteiger partial charge in [0.1, 0.15) is 11.6 Å². The van der Waals surface area contributed by atoms with Gasteiger partial charge in [0.25, 0.3) is 0 Å². The average molecular weight is 262 g/mol. The Morgan fingerprint density at radius 2 is 1.79 bits per heavy atom. The zero-order valence-electron chi connectivity index (χ0n) is 10.7. The molecule has 0 fully saturated rings. The summed E-state index contributed by atoms with van der Waals surface area (Å²) in [6.07, 6.45) is 0.425. The van der Waals surface area contributed by atoms with E-state index >= 15 is 0 Å². The monoisotopic (exact) mass is 262 g/mol. The Morgan fingerprint density at radius 1 is 1.11 bits per heavy atom. The van der Waals surface area contributed by atoms with E-state index in [0.29, 0.717) is 12.0 Å². The van der Waals surface area contributed by atoms with E-state index in [1.54, 1.807) is 6.92 Å². The number of benzene rings is 2. The van der Waals surface area contributed by atoms with E-state index < -0.39 is 17.7 Å². The topological polar surface area (TPSA) is 38.0 Å². The molecule has 3 N–H and O–H groups in total. The van der Waals surface area contributed by atoms with Gasteiger partial charge in [0.2, 0.25) is 0 Å². The quantitative estimate of drug-likeness (QED) is 0.656. The van der Waals surface area contributed by atoms with Crippen LogP contribution < -0.4 is 11.3 Å². The first kappa shape index (κ1) is 13.6.